The summed E-state index contributed by atoms with van der Waals surface area (Å²) in [5, 5.41) is 1.11. The molecule has 0 saturated carbocycles. The first-order chi connectivity index (χ1) is 11.8. The Morgan fingerprint density at radius 2 is 2.25 bits per heavy atom. The van der Waals surface area contributed by atoms with Crippen molar-refractivity contribution >= 4 is 16.8 Å². The highest BCUT2D eigenvalue weighted by Crippen LogP contribution is 2.20. The lowest BCUT2D eigenvalue weighted by atomic mass is 10.1. The molecule has 1 atom stereocenters. The number of carbonyl (C=O) groups is 1. The SMILES string of the molecule is O=C(c1ccc2cc[nH]c2c1)N1CCC[C@H](Oc2cnccn2)C1. The Kier molecular flexibility index (Phi) is 3.86. The summed E-state index contributed by atoms with van der Waals surface area (Å²) in [6, 6.07) is 7.75. The molecule has 24 heavy (non-hydrogen) atoms. The maximum Gasteiger partial charge on any atom is 0.254 e. The number of aromatic nitrogens is 3. The van der Waals surface area contributed by atoms with Gasteiger partial charge < -0.3 is 14.6 Å². The zero-order chi connectivity index (χ0) is 16.4. The van der Waals surface area contributed by atoms with E-state index >= 15 is 0 Å². The van der Waals surface area contributed by atoms with E-state index in [0.717, 1.165) is 30.3 Å². The van der Waals surface area contributed by atoms with E-state index in [2.05, 4.69) is 15.0 Å². The van der Waals surface area contributed by atoms with Crippen LogP contribution in [-0.2, 0) is 0 Å². The minimum atomic E-state index is -0.0476. The predicted molar refractivity (Wildman–Crippen MR) is 89.9 cm³/mol. The van der Waals surface area contributed by atoms with Gasteiger partial charge in [-0.3, -0.25) is 9.78 Å². The number of carbonyl (C=O) groups excluding carboxylic acids is 1. The molecule has 1 aliphatic heterocycles. The third-order valence-corrected chi connectivity index (χ3v) is 4.29. The van der Waals surface area contributed by atoms with Gasteiger partial charge in [-0.15, -0.1) is 0 Å². The predicted octanol–water partition coefficient (Wildman–Crippen LogP) is 2.64. The lowest BCUT2D eigenvalue weighted by molar-refractivity contribution is 0.0527. The molecule has 122 valence electrons. The van der Waals surface area contributed by atoms with Crippen molar-refractivity contribution in [2.45, 2.75) is 18.9 Å². The number of nitrogens with zero attached hydrogens (tertiary/aromatic N) is 3. The van der Waals surface area contributed by atoms with Gasteiger partial charge in [0.2, 0.25) is 5.88 Å². The second-order valence-corrected chi connectivity index (χ2v) is 5.96. The average Bonchev–Trinajstić information content (AvgIpc) is 3.10. The molecule has 2 aromatic heterocycles. The number of hydrogen-bond donors (Lipinski definition) is 1. The topological polar surface area (TPSA) is 71.1 Å². The molecule has 6 nitrogen and oxygen atoms in total. The van der Waals surface area contributed by atoms with Crippen LogP contribution < -0.4 is 4.74 Å². The number of piperidine rings is 1. The molecule has 1 aromatic carbocycles. The Hall–Kier alpha value is -2.89. The number of ether oxygens (including phenoxy) is 1. The van der Waals surface area contributed by atoms with Crippen LogP contribution in [0.25, 0.3) is 10.9 Å². The minimum absolute atomic E-state index is 0.0407. The Morgan fingerprint density at radius 3 is 3.12 bits per heavy atom. The smallest absolute Gasteiger partial charge is 0.254 e. The largest absolute Gasteiger partial charge is 0.471 e. The van der Waals surface area contributed by atoms with Gasteiger partial charge in [0, 0.05) is 36.2 Å². The van der Waals surface area contributed by atoms with Gasteiger partial charge in [-0.2, -0.15) is 0 Å². The molecule has 1 N–H and O–H groups in total. The van der Waals surface area contributed by atoms with Crippen LogP contribution in [0.15, 0.2) is 49.1 Å². The molecule has 3 heterocycles. The molecule has 1 aliphatic rings. The first-order valence-electron chi connectivity index (χ1n) is 8.09. The standard InChI is InChI=1S/C18H18N4O2/c23-18(14-4-3-13-5-6-20-16(13)10-14)22-9-1-2-15(12-22)24-17-11-19-7-8-21-17/h3-8,10-11,15,20H,1-2,9,12H2/t15-/m0/s1. The molecule has 0 spiro atoms. The molecule has 1 fully saturated rings. The lowest BCUT2D eigenvalue weighted by Gasteiger charge is -2.32. The van der Waals surface area contributed by atoms with Gasteiger partial charge in [0.15, 0.2) is 0 Å². The molecule has 0 unspecified atom stereocenters. The number of hydrogen-bond acceptors (Lipinski definition) is 4. The van der Waals surface area contributed by atoms with E-state index in [1.54, 1.807) is 18.6 Å². The lowest BCUT2D eigenvalue weighted by Crippen LogP contribution is -2.44. The highest BCUT2D eigenvalue weighted by molar-refractivity contribution is 5.98. The van der Waals surface area contributed by atoms with E-state index in [0.29, 0.717) is 18.0 Å². The van der Waals surface area contributed by atoms with E-state index in [-0.39, 0.29) is 12.0 Å². The zero-order valence-electron chi connectivity index (χ0n) is 13.2. The number of likely N-dealkylation sites (tertiary alicyclic amines) is 1. The summed E-state index contributed by atoms with van der Waals surface area (Å²) in [5.74, 6) is 0.545. The van der Waals surface area contributed by atoms with Crippen LogP contribution in [0.2, 0.25) is 0 Å². The summed E-state index contributed by atoms with van der Waals surface area (Å²) in [6.45, 7) is 1.32. The summed E-state index contributed by atoms with van der Waals surface area (Å²) < 4.78 is 5.86. The summed E-state index contributed by atoms with van der Waals surface area (Å²) in [4.78, 5) is 25.9. The number of benzene rings is 1. The second kappa shape index (κ2) is 6.31. The first-order valence-corrected chi connectivity index (χ1v) is 8.09. The number of nitrogens with one attached hydrogen (secondary N) is 1. The molecule has 0 radical (unpaired) electrons. The average molecular weight is 322 g/mol. The highest BCUT2D eigenvalue weighted by Gasteiger charge is 2.26. The normalized spacial score (nSPS) is 17.8. The summed E-state index contributed by atoms with van der Waals surface area (Å²) >= 11 is 0. The van der Waals surface area contributed by atoms with Crippen molar-refractivity contribution in [3.63, 3.8) is 0 Å². The highest BCUT2D eigenvalue weighted by atomic mass is 16.5. The van der Waals surface area contributed by atoms with E-state index in [9.17, 15) is 4.79 Å². The molecular weight excluding hydrogens is 304 g/mol. The van der Waals surface area contributed by atoms with Crippen molar-refractivity contribution < 1.29 is 9.53 Å². The third kappa shape index (κ3) is 2.95. The van der Waals surface area contributed by atoms with Crippen molar-refractivity contribution in [1.29, 1.82) is 0 Å². The van der Waals surface area contributed by atoms with E-state index in [1.807, 2.05) is 35.4 Å². The Balaban J connectivity index is 1.47. The van der Waals surface area contributed by atoms with Gasteiger partial charge in [-0.25, -0.2) is 4.98 Å². The number of rotatable bonds is 3. The molecule has 1 amide bonds. The molecular formula is C18H18N4O2. The summed E-state index contributed by atoms with van der Waals surface area (Å²) in [7, 11) is 0. The van der Waals surface area contributed by atoms with Crippen molar-refractivity contribution in [3.8, 4) is 5.88 Å². The molecule has 3 aromatic rings. The number of fused-ring (bicyclic) bond motifs is 1. The molecule has 4 rings (SSSR count). The van der Waals surface area contributed by atoms with Crippen LogP contribution in [0, 0.1) is 0 Å². The Bertz CT molecular complexity index is 846. The van der Waals surface area contributed by atoms with Gasteiger partial charge >= 0.3 is 0 Å². The van der Waals surface area contributed by atoms with Crippen LogP contribution in [0.5, 0.6) is 5.88 Å². The van der Waals surface area contributed by atoms with Crippen molar-refractivity contribution in [2.75, 3.05) is 13.1 Å². The second-order valence-electron chi connectivity index (χ2n) is 5.96. The fourth-order valence-corrected chi connectivity index (χ4v) is 3.10. The van der Waals surface area contributed by atoms with Crippen LogP contribution in [0.3, 0.4) is 0 Å². The Morgan fingerprint density at radius 1 is 1.29 bits per heavy atom. The molecule has 0 bridgehead atoms. The van der Waals surface area contributed by atoms with Gasteiger partial charge in [-0.05, 0) is 36.4 Å². The summed E-state index contributed by atoms with van der Waals surface area (Å²) in [6.07, 6.45) is 8.48. The number of amides is 1. The van der Waals surface area contributed by atoms with Crippen LogP contribution in [0.1, 0.15) is 23.2 Å². The van der Waals surface area contributed by atoms with Gasteiger partial charge in [-0.1, -0.05) is 6.07 Å². The minimum Gasteiger partial charge on any atom is -0.471 e. The molecule has 1 saturated heterocycles. The third-order valence-electron chi connectivity index (χ3n) is 4.29. The van der Waals surface area contributed by atoms with E-state index in [4.69, 9.17) is 4.74 Å². The van der Waals surface area contributed by atoms with Crippen LogP contribution in [0.4, 0.5) is 0 Å². The summed E-state index contributed by atoms with van der Waals surface area (Å²) in [5.41, 5.74) is 1.68. The van der Waals surface area contributed by atoms with Crippen LogP contribution in [-0.4, -0.2) is 45.0 Å². The quantitative estimate of drug-likeness (QED) is 0.805. The number of H-pyrrole nitrogens is 1. The van der Waals surface area contributed by atoms with E-state index in [1.165, 1.54) is 0 Å². The first kappa shape index (κ1) is 14.7. The van der Waals surface area contributed by atoms with E-state index < -0.39 is 0 Å². The van der Waals surface area contributed by atoms with Crippen LogP contribution >= 0.6 is 0 Å². The van der Waals surface area contributed by atoms with Gasteiger partial charge in [0.05, 0.1) is 12.7 Å². The maximum atomic E-state index is 12.8. The van der Waals surface area contributed by atoms with Crippen molar-refractivity contribution in [2.24, 2.45) is 0 Å². The monoisotopic (exact) mass is 322 g/mol. The van der Waals surface area contributed by atoms with Gasteiger partial charge in [0.25, 0.3) is 5.91 Å². The van der Waals surface area contributed by atoms with Gasteiger partial charge in [0.1, 0.15) is 6.10 Å². The van der Waals surface area contributed by atoms with Crippen molar-refractivity contribution in [1.82, 2.24) is 19.9 Å². The fraction of sp³-hybridized carbons (Fsp3) is 0.278. The van der Waals surface area contributed by atoms with Crippen molar-refractivity contribution in [3.05, 3.63) is 54.6 Å². The fourth-order valence-electron chi connectivity index (χ4n) is 3.10. The number of aromatic amines is 1. The molecule has 6 heteroatoms. The Labute approximate surface area is 139 Å². The zero-order valence-corrected chi connectivity index (χ0v) is 13.2. The maximum absolute atomic E-state index is 12.8. The molecule has 0 aliphatic carbocycles.